The van der Waals surface area contributed by atoms with Gasteiger partial charge in [-0.1, -0.05) is 91.0 Å². The zero-order valence-electron chi connectivity index (χ0n) is 22.6. The quantitative estimate of drug-likeness (QED) is 0.228. The maximum absolute atomic E-state index is 14.1. The average molecular weight is 548 g/mol. The summed E-state index contributed by atoms with van der Waals surface area (Å²) in [5.74, 6) is 0.542. The largest absolute Gasteiger partial charge is 0.455 e. The zero-order chi connectivity index (χ0) is 28.0. The number of benzene rings is 4. The molecule has 7 nitrogen and oxygen atoms in total. The van der Waals surface area contributed by atoms with Crippen LogP contribution in [0.4, 0.5) is 0 Å². The summed E-state index contributed by atoms with van der Waals surface area (Å²) in [6.45, 7) is 0.0730. The second kappa shape index (κ2) is 9.82. The second-order valence-electron chi connectivity index (χ2n) is 10.5. The van der Waals surface area contributed by atoms with Gasteiger partial charge in [-0.25, -0.2) is 15.0 Å². The van der Waals surface area contributed by atoms with Gasteiger partial charge in [-0.2, -0.15) is 5.10 Å². The van der Waals surface area contributed by atoms with Crippen LogP contribution in [0.15, 0.2) is 125 Å². The zero-order valence-corrected chi connectivity index (χ0v) is 22.6. The van der Waals surface area contributed by atoms with E-state index in [1.165, 1.54) is 0 Å². The molecule has 0 saturated heterocycles. The maximum atomic E-state index is 14.1. The van der Waals surface area contributed by atoms with Crippen LogP contribution in [0.25, 0.3) is 50.1 Å². The highest BCUT2D eigenvalue weighted by atomic mass is 16.3. The highest BCUT2D eigenvalue weighted by molar-refractivity contribution is 6.07. The number of hydrazone groups is 1. The number of hydrogen-bond donors (Lipinski definition) is 0. The van der Waals surface area contributed by atoms with Crippen LogP contribution < -0.4 is 0 Å². The van der Waals surface area contributed by atoms with Crippen LogP contribution in [-0.4, -0.2) is 37.2 Å². The minimum absolute atomic E-state index is 0.0730. The summed E-state index contributed by atoms with van der Waals surface area (Å²) in [6, 6.07) is 35.5. The molecule has 0 saturated carbocycles. The Kier molecular flexibility index (Phi) is 5.67. The van der Waals surface area contributed by atoms with E-state index in [-0.39, 0.29) is 18.5 Å². The Morgan fingerprint density at radius 1 is 0.857 bits per heavy atom. The van der Waals surface area contributed by atoms with Crippen molar-refractivity contribution in [1.29, 1.82) is 0 Å². The highest BCUT2D eigenvalue weighted by Gasteiger charge is 2.32. The number of fused-ring (bicyclic) bond motifs is 5. The number of para-hydroxylation sites is 4. The molecule has 8 rings (SSSR count). The molecule has 1 aliphatic heterocycles. The van der Waals surface area contributed by atoms with Crippen molar-refractivity contribution in [3.05, 3.63) is 127 Å². The predicted octanol–water partition coefficient (Wildman–Crippen LogP) is 7.20. The molecule has 1 amide bonds. The third-order valence-electron chi connectivity index (χ3n) is 7.77. The second-order valence-corrected chi connectivity index (χ2v) is 10.5. The third kappa shape index (κ3) is 4.14. The summed E-state index contributed by atoms with van der Waals surface area (Å²) in [6.07, 6.45) is 4.64. The van der Waals surface area contributed by atoms with Gasteiger partial charge in [-0.3, -0.25) is 4.79 Å². The minimum atomic E-state index is -0.263. The molecule has 0 fully saturated rings. The predicted molar refractivity (Wildman–Crippen MR) is 166 cm³/mol. The van der Waals surface area contributed by atoms with Crippen molar-refractivity contribution in [1.82, 2.24) is 19.5 Å². The lowest BCUT2D eigenvalue weighted by Gasteiger charge is -2.19. The highest BCUT2D eigenvalue weighted by Crippen LogP contribution is 2.30. The summed E-state index contributed by atoms with van der Waals surface area (Å²) in [7, 11) is 0. The summed E-state index contributed by atoms with van der Waals surface area (Å²) < 4.78 is 8.09. The van der Waals surface area contributed by atoms with Crippen molar-refractivity contribution < 1.29 is 9.21 Å². The fourth-order valence-electron chi connectivity index (χ4n) is 5.73. The first-order chi connectivity index (χ1) is 20.7. The Labute approximate surface area is 241 Å². The minimum Gasteiger partial charge on any atom is -0.455 e. The van der Waals surface area contributed by atoms with Crippen molar-refractivity contribution in [3.8, 4) is 0 Å². The maximum Gasteiger partial charge on any atom is 0.263 e. The summed E-state index contributed by atoms with van der Waals surface area (Å²) in [4.78, 5) is 24.0. The smallest absolute Gasteiger partial charge is 0.263 e. The van der Waals surface area contributed by atoms with Gasteiger partial charge in [-0.15, -0.1) is 0 Å². The molecule has 3 aromatic heterocycles. The van der Waals surface area contributed by atoms with Gasteiger partial charge in [0, 0.05) is 17.2 Å². The fourth-order valence-corrected chi connectivity index (χ4v) is 5.73. The normalized spacial score (nSPS) is 15.5. The Morgan fingerprint density at radius 3 is 2.45 bits per heavy atom. The Morgan fingerprint density at radius 2 is 1.60 bits per heavy atom. The first-order valence-electron chi connectivity index (χ1n) is 14.0. The number of hydrogen-bond acceptors (Lipinski definition) is 5. The molecule has 0 bridgehead atoms. The number of furan rings is 1. The Hall–Kier alpha value is -5.56. The Balaban J connectivity index is 1.20. The molecule has 7 heteroatoms. The van der Waals surface area contributed by atoms with Crippen molar-refractivity contribution in [3.63, 3.8) is 0 Å². The molecule has 1 unspecified atom stereocenters. The lowest BCUT2D eigenvalue weighted by molar-refractivity contribution is -0.132. The van der Waals surface area contributed by atoms with Crippen molar-refractivity contribution in [2.75, 3.05) is 0 Å². The molecule has 1 aliphatic rings. The molecule has 0 spiro atoms. The van der Waals surface area contributed by atoms with E-state index < -0.39 is 0 Å². The molecule has 0 N–H and O–H groups in total. The van der Waals surface area contributed by atoms with E-state index >= 15 is 0 Å². The molecular weight excluding hydrogens is 522 g/mol. The SMILES string of the molecule is O=C(Cn1c2ccccc2c2nc3ccccc3nc21)N1N=C(c2cc3ccccc3o2)CC1/C=C/c1ccccc1. The number of rotatable bonds is 5. The first-order valence-corrected chi connectivity index (χ1v) is 14.0. The molecule has 0 radical (unpaired) electrons. The molecular formula is C35H25N5O2. The van der Waals surface area contributed by atoms with Crippen LogP contribution in [-0.2, 0) is 11.3 Å². The molecule has 42 heavy (non-hydrogen) atoms. The van der Waals surface area contributed by atoms with Crippen LogP contribution in [0, 0.1) is 0 Å². The van der Waals surface area contributed by atoms with E-state index in [0.717, 1.165) is 49.7 Å². The number of carbonyl (C=O) groups is 1. The molecule has 1 atom stereocenters. The summed E-state index contributed by atoms with van der Waals surface area (Å²) in [5, 5.41) is 8.41. The van der Waals surface area contributed by atoms with E-state index in [1.54, 1.807) is 5.01 Å². The lowest BCUT2D eigenvalue weighted by atomic mass is 10.1. The van der Waals surface area contributed by atoms with E-state index in [9.17, 15) is 4.79 Å². The van der Waals surface area contributed by atoms with E-state index in [4.69, 9.17) is 19.5 Å². The van der Waals surface area contributed by atoms with Crippen LogP contribution in [0.1, 0.15) is 17.7 Å². The number of amides is 1. The Bertz CT molecular complexity index is 2160. The molecule has 4 heterocycles. The average Bonchev–Trinajstić information content (AvgIpc) is 3.74. The van der Waals surface area contributed by atoms with Gasteiger partial charge in [0.2, 0.25) is 0 Å². The van der Waals surface area contributed by atoms with Crippen molar-refractivity contribution in [2.24, 2.45) is 5.10 Å². The van der Waals surface area contributed by atoms with Gasteiger partial charge in [0.25, 0.3) is 5.91 Å². The van der Waals surface area contributed by atoms with E-state index in [1.807, 2.05) is 126 Å². The summed E-state index contributed by atoms with van der Waals surface area (Å²) >= 11 is 0. The first kappa shape index (κ1) is 24.3. The van der Waals surface area contributed by atoms with Crippen molar-refractivity contribution in [2.45, 2.75) is 19.0 Å². The molecule has 4 aromatic carbocycles. The van der Waals surface area contributed by atoms with Crippen LogP contribution in [0.2, 0.25) is 0 Å². The van der Waals surface area contributed by atoms with Crippen LogP contribution in [0.3, 0.4) is 0 Å². The number of aromatic nitrogens is 3. The van der Waals surface area contributed by atoms with E-state index in [0.29, 0.717) is 17.8 Å². The van der Waals surface area contributed by atoms with Crippen LogP contribution in [0.5, 0.6) is 0 Å². The topological polar surface area (TPSA) is 76.5 Å². The van der Waals surface area contributed by atoms with Gasteiger partial charge >= 0.3 is 0 Å². The summed E-state index contributed by atoms with van der Waals surface area (Å²) in [5.41, 5.74) is 6.59. The lowest BCUT2D eigenvalue weighted by Crippen LogP contribution is -2.34. The van der Waals surface area contributed by atoms with Gasteiger partial charge < -0.3 is 8.98 Å². The van der Waals surface area contributed by atoms with Gasteiger partial charge in [0.15, 0.2) is 11.4 Å². The van der Waals surface area contributed by atoms with Crippen LogP contribution >= 0.6 is 0 Å². The fraction of sp³-hybridized carbons (Fsp3) is 0.0857. The number of nitrogens with zero attached hydrogens (tertiary/aromatic N) is 5. The van der Waals surface area contributed by atoms with Gasteiger partial charge in [0.05, 0.1) is 22.6 Å². The van der Waals surface area contributed by atoms with Gasteiger partial charge in [0.1, 0.15) is 23.4 Å². The monoisotopic (exact) mass is 547 g/mol. The van der Waals surface area contributed by atoms with Crippen molar-refractivity contribution >= 4 is 61.8 Å². The molecule has 0 aliphatic carbocycles. The molecule has 202 valence electrons. The molecule has 7 aromatic rings. The third-order valence-corrected chi connectivity index (χ3v) is 7.77. The van der Waals surface area contributed by atoms with Gasteiger partial charge in [-0.05, 0) is 35.9 Å². The number of carbonyl (C=O) groups excluding carboxylic acids is 1. The standard InChI is InChI=1S/C35H25N5O2/c41-33(22-39-30-16-8-5-13-26(30)34-35(39)37-28-15-7-6-14-27(28)36-34)40-25(19-18-23-10-2-1-3-11-23)21-29(38-40)32-20-24-12-4-9-17-31(24)42-32/h1-20,25H,21-22H2/b19-18+. The van der Waals surface area contributed by atoms with E-state index in [2.05, 4.69) is 0 Å².